The van der Waals surface area contributed by atoms with Gasteiger partial charge >= 0.3 is 5.97 Å². The smallest absolute Gasteiger partial charge is 0.336 e. The van der Waals surface area contributed by atoms with Crippen molar-refractivity contribution in [1.29, 1.82) is 5.41 Å². The van der Waals surface area contributed by atoms with Gasteiger partial charge in [0, 0.05) is 41.1 Å². The minimum absolute atomic E-state index is 0.0199. The Morgan fingerprint density at radius 1 is 0.850 bits per heavy atom. The Labute approximate surface area is 230 Å². The third-order valence-corrected chi connectivity index (χ3v) is 6.20. The van der Waals surface area contributed by atoms with Gasteiger partial charge in [-0.2, -0.15) is 0 Å². The van der Waals surface area contributed by atoms with Crippen LogP contribution in [0.25, 0.3) is 22.5 Å². The fourth-order valence-corrected chi connectivity index (χ4v) is 4.13. The number of benzene rings is 3. The molecule has 0 aliphatic carbocycles. The Morgan fingerprint density at radius 3 is 2.20 bits per heavy atom. The first-order valence-corrected chi connectivity index (χ1v) is 12.5. The predicted octanol–water partition coefficient (Wildman–Crippen LogP) is 4.35. The number of nitrogens with two attached hydrogens (primary N) is 1. The molecule has 7 N–H and O–H groups in total. The number of carbonyl (C=O) groups is 3. The highest BCUT2D eigenvalue weighted by molar-refractivity contribution is 6.11. The number of anilines is 1. The van der Waals surface area contributed by atoms with Gasteiger partial charge in [-0.05, 0) is 78.6 Å². The number of rotatable bonds is 11. The maximum Gasteiger partial charge on any atom is 0.336 e. The van der Waals surface area contributed by atoms with Gasteiger partial charge in [0.2, 0.25) is 0 Å². The number of hydrogen-bond acceptors (Lipinski definition) is 6. The van der Waals surface area contributed by atoms with Crippen LogP contribution in [0.4, 0.5) is 5.69 Å². The van der Waals surface area contributed by atoms with Crippen LogP contribution in [-0.4, -0.2) is 47.0 Å². The minimum Gasteiger partial charge on any atom is -0.478 e. The largest absolute Gasteiger partial charge is 0.478 e. The number of furan rings is 1. The number of nitrogens with one attached hydrogen (secondary N) is 3. The second kappa shape index (κ2) is 12.5. The summed E-state index contributed by atoms with van der Waals surface area (Å²) in [5.74, 6) is -1.77. The molecule has 1 heterocycles. The summed E-state index contributed by atoms with van der Waals surface area (Å²) in [7, 11) is 0. The summed E-state index contributed by atoms with van der Waals surface area (Å²) in [6.45, 7) is 0.363. The third-order valence-electron chi connectivity index (χ3n) is 6.20. The predicted molar refractivity (Wildman–Crippen MR) is 151 cm³/mol. The number of carboxylic acids is 1. The van der Waals surface area contributed by atoms with E-state index >= 15 is 0 Å². The first-order chi connectivity index (χ1) is 19.3. The number of unbranched alkanes of at least 4 members (excludes halogenated alkanes) is 1. The van der Waals surface area contributed by atoms with Crippen LogP contribution in [0, 0.1) is 5.41 Å². The van der Waals surface area contributed by atoms with E-state index in [4.69, 9.17) is 20.7 Å². The molecule has 0 fully saturated rings. The molecule has 4 aromatic rings. The van der Waals surface area contributed by atoms with E-state index in [2.05, 4.69) is 10.6 Å². The molecule has 10 nitrogen and oxygen atoms in total. The molecule has 0 aliphatic heterocycles. The summed E-state index contributed by atoms with van der Waals surface area (Å²) in [5.41, 5.74) is 7.89. The second-order valence-corrected chi connectivity index (χ2v) is 8.93. The quantitative estimate of drug-likeness (QED) is 0.0929. The van der Waals surface area contributed by atoms with Gasteiger partial charge in [0.1, 0.15) is 11.6 Å². The topological polar surface area (TPSA) is 179 Å². The van der Waals surface area contributed by atoms with Crippen LogP contribution in [0.5, 0.6) is 0 Å². The van der Waals surface area contributed by atoms with Crippen molar-refractivity contribution in [3.8, 4) is 22.5 Å². The van der Waals surface area contributed by atoms with Crippen molar-refractivity contribution in [2.75, 3.05) is 18.5 Å². The summed E-state index contributed by atoms with van der Waals surface area (Å²) < 4.78 is 5.49. The lowest BCUT2D eigenvalue weighted by Gasteiger charge is -2.15. The average Bonchev–Trinajstić information content (AvgIpc) is 3.50. The van der Waals surface area contributed by atoms with Crippen molar-refractivity contribution in [2.45, 2.75) is 12.8 Å². The van der Waals surface area contributed by atoms with Crippen LogP contribution in [0.2, 0.25) is 0 Å². The second-order valence-electron chi connectivity index (χ2n) is 8.93. The Kier molecular flexibility index (Phi) is 8.72. The van der Waals surface area contributed by atoms with Gasteiger partial charge in [-0.1, -0.05) is 18.2 Å². The molecule has 0 radical (unpaired) electrons. The minimum atomic E-state index is -1.26. The zero-order valence-corrected chi connectivity index (χ0v) is 21.4. The number of nitrogen functional groups attached to an aromatic ring is 1. The molecule has 0 atom stereocenters. The highest BCUT2D eigenvalue weighted by atomic mass is 16.4. The average molecular weight is 541 g/mol. The molecular formula is C30H28N4O6. The lowest BCUT2D eigenvalue weighted by atomic mass is 9.91. The summed E-state index contributed by atoms with van der Waals surface area (Å²) >= 11 is 0. The zero-order valence-electron chi connectivity index (χ0n) is 21.4. The highest BCUT2D eigenvalue weighted by Gasteiger charge is 2.21. The maximum atomic E-state index is 13.5. The molecule has 0 spiro atoms. The molecule has 3 aromatic carbocycles. The first-order valence-electron chi connectivity index (χ1n) is 12.5. The van der Waals surface area contributed by atoms with Crippen molar-refractivity contribution in [2.24, 2.45) is 5.73 Å². The maximum absolute atomic E-state index is 13.5. The standard InChI is InChI=1S/C30H28N4O6/c31-27(32)18-5-9-21(10-6-18)34-29(37)24-16-19(26-4-3-15-40-26)7-11-22(24)23-12-8-20(17-25(23)30(38)39)28(36)33-13-1-2-14-35/h3-12,15-17,35H,1-2,13-14H2,(H3,31,32)(H,33,36)(H,34,37)(H,38,39). The van der Waals surface area contributed by atoms with E-state index in [1.165, 1.54) is 24.5 Å². The summed E-state index contributed by atoms with van der Waals surface area (Å²) in [5, 5.41) is 32.0. The van der Waals surface area contributed by atoms with E-state index in [9.17, 15) is 19.5 Å². The SMILES string of the molecule is N=C(N)c1ccc(NC(=O)c2cc(-c3ccco3)ccc2-c2ccc(C(=O)NCCCCO)cc2C(=O)O)cc1. The van der Waals surface area contributed by atoms with Crippen molar-refractivity contribution < 1.29 is 29.0 Å². The van der Waals surface area contributed by atoms with Crippen LogP contribution in [-0.2, 0) is 0 Å². The molecule has 0 unspecified atom stereocenters. The Bertz CT molecular complexity index is 1550. The van der Waals surface area contributed by atoms with E-state index in [1.807, 2.05) is 0 Å². The number of carboxylic acid groups (broad SMARTS) is 1. The molecule has 2 amide bonds. The van der Waals surface area contributed by atoms with Crippen molar-refractivity contribution in [3.05, 3.63) is 101 Å². The van der Waals surface area contributed by atoms with E-state index in [0.29, 0.717) is 47.5 Å². The first kappa shape index (κ1) is 27.8. The summed E-state index contributed by atoms with van der Waals surface area (Å²) in [6.07, 6.45) is 2.64. The zero-order chi connectivity index (χ0) is 28.6. The Balaban J connectivity index is 1.73. The highest BCUT2D eigenvalue weighted by Crippen LogP contribution is 2.33. The van der Waals surface area contributed by atoms with E-state index in [-0.39, 0.29) is 34.7 Å². The van der Waals surface area contributed by atoms with Crippen molar-refractivity contribution >= 4 is 29.3 Å². The van der Waals surface area contributed by atoms with Gasteiger partial charge in [0.25, 0.3) is 11.8 Å². The summed E-state index contributed by atoms with van der Waals surface area (Å²) in [6, 6.07) is 19.2. The van der Waals surface area contributed by atoms with Gasteiger partial charge in [-0.15, -0.1) is 0 Å². The fourth-order valence-electron chi connectivity index (χ4n) is 4.13. The number of carbonyl (C=O) groups excluding carboxylic acids is 2. The lowest BCUT2D eigenvalue weighted by Crippen LogP contribution is -2.25. The Hall–Kier alpha value is -5.22. The molecule has 4 rings (SSSR count). The van der Waals surface area contributed by atoms with Crippen LogP contribution >= 0.6 is 0 Å². The van der Waals surface area contributed by atoms with Crippen molar-refractivity contribution in [1.82, 2.24) is 5.32 Å². The van der Waals surface area contributed by atoms with Gasteiger partial charge in [-0.3, -0.25) is 15.0 Å². The van der Waals surface area contributed by atoms with Gasteiger partial charge in [0.05, 0.1) is 11.8 Å². The van der Waals surface area contributed by atoms with Crippen LogP contribution in [0.15, 0.2) is 83.5 Å². The molecular weight excluding hydrogens is 512 g/mol. The molecule has 1 aromatic heterocycles. The fraction of sp³-hybridized carbons (Fsp3) is 0.133. The van der Waals surface area contributed by atoms with Crippen LogP contribution in [0.1, 0.15) is 49.5 Å². The molecule has 0 saturated carbocycles. The normalized spacial score (nSPS) is 10.6. The number of aliphatic hydroxyl groups is 1. The van der Waals surface area contributed by atoms with Crippen LogP contribution in [0.3, 0.4) is 0 Å². The monoisotopic (exact) mass is 540 g/mol. The molecule has 0 bridgehead atoms. The van der Waals surface area contributed by atoms with Gasteiger partial charge in [-0.25, -0.2) is 4.79 Å². The number of hydrogen-bond donors (Lipinski definition) is 6. The van der Waals surface area contributed by atoms with E-state index in [0.717, 1.165) is 0 Å². The number of aliphatic hydroxyl groups excluding tert-OH is 1. The molecule has 204 valence electrons. The molecule has 40 heavy (non-hydrogen) atoms. The molecule has 10 heteroatoms. The molecule has 0 aliphatic rings. The lowest BCUT2D eigenvalue weighted by molar-refractivity contribution is 0.0697. The number of amides is 2. The van der Waals surface area contributed by atoms with E-state index in [1.54, 1.807) is 54.6 Å². The number of aromatic carboxylic acids is 1. The van der Waals surface area contributed by atoms with E-state index < -0.39 is 17.8 Å². The summed E-state index contributed by atoms with van der Waals surface area (Å²) in [4.78, 5) is 38.4. The van der Waals surface area contributed by atoms with Crippen molar-refractivity contribution in [3.63, 3.8) is 0 Å². The number of amidine groups is 1. The van der Waals surface area contributed by atoms with Gasteiger partial charge < -0.3 is 31.0 Å². The Morgan fingerprint density at radius 2 is 1.55 bits per heavy atom. The third kappa shape index (κ3) is 6.43. The molecule has 0 saturated heterocycles. The van der Waals surface area contributed by atoms with Crippen LogP contribution < -0.4 is 16.4 Å². The van der Waals surface area contributed by atoms with Gasteiger partial charge in [0.15, 0.2) is 0 Å².